The molecule has 0 aliphatic rings. The molecule has 0 aliphatic heterocycles. The average Bonchev–Trinajstić information content (AvgIpc) is 2.42. The fourth-order valence-electron chi connectivity index (χ4n) is 1.91. The molecule has 100 valence electrons. The van der Waals surface area contributed by atoms with Crippen LogP contribution >= 0.6 is 15.9 Å². The van der Waals surface area contributed by atoms with Crippen molar-refractivity contribution < 1.29 is 9.53 Å². The minimum absolute atomic E-state index is 0.275. The molecule has 3 nitrogen and oxygen atoms in total. The van der Waals surface area contributed by atoms with Crippen LogP contribution in [0.4, 0.5) is 0 Å². The van der Waals surface area contributed by atoms with Crippen LogP contribution in [0.3, 0.4) is 0 Å². The van der Waals surface area contributed by atoms with Crippen LogP contribution < -0.4 is 4.74 Å². The Bertz CT molecular complexity index is 675. The van der Waals surface area contributed by atoms with Crippen molar-refractivity contribution in [2.75, 3.05) is 0 Å². The van der Waals surface area contributed by atoms with Gasteiger partial charge >= 0.3 is 5.97 Å². The lowest BCUT2D eigenvalue weighted by Crippen LogP contribution is -2.04. The van der Waals surface area contributed by atoms with E-state index in [4.69, 9.17) is 4.74 Å². The Balaban J connectivity index is 2.36. The molecule has 0 radical (unpaired) electrons. The molecule has 2 aromatic carbocycles. The lowest BCUT2D eigenvalue weighted by Gasteiger charge is -2.09. The topological polar surface area (TPSA) is 50.1 Å². The molecule has 0 N–H and O–H groups in total. The van der Waals surface area contributed by atoms with Gasteiger partial charge in [-0.2, -0.15) is 5.26 Å². The fraction of sp³-hybridized carbons (Fsp3) is 0.125. The second-order valence-electron chi connectivity index (χ2n) is 4.32. The maximum Gasteiger partial charge on any atom is 0.308 e. The summed E-state index contributed by atoms with van der Waals surface area (Å²) in [5.41, 5.74) is 2.49. The van der Waals surface area contributed by atoms with Crippen molar-refractivity contribution in [3.05, 3.63) is 63.6 Å². The van der Waals surface area contributed by atoms with Crippen molar-refractivity contribution in [2.45, 2.75) is 13.3 Å². The van der Waals surface area contributed by atoms with Gasteiger partial charge in [0, 0.05) is 6.92 Å². The molecule has 2 rings (SSSR count). The molecule has 0 saturated carbocycles. The summed E-state index contributed by atoms with van der Waals surface area (Å²) in [4.78, 5) is 11.1. The molecule has 0 saturated heterocycles. The van der Waals surface area contributed by atoms with Crippen molar-refractivity contribution in [2.24, 2.45) is 0 Å². The van der Waals surface area contributed by atoms with Crippen LogP contribution in [0.5, 0.6) is 5.75 Å². The van der Waals surface area contributed by atoms with Crippen molar-refractivity contribution >= 4 is 21.9 Å². The summed E-state index contributed by atoms with van der Waals surface area (Å²) in [7, 11) is 0. The highest BCUT2D eigenvalue weighted by atomic mass is 79.9. The maximum absolute atomic E-state index is 11.1. The SMILES string of the molecule is CC(=O)Oc1c(Br)cc(Cc2ccccc2)cc1C#N. The number of rotatable bonds is 3. The van der Waals surface area contributed by atoms with Gasteiger partial charge in [-0.1, -0.05) is 30.3 Å². The van der Waals surface area contributed by atoms with E-state index in [0.29, 0.717) is 16.5 Å². The highest BCUT2D eigenvalue weighted by Gasteiger charge is 2.13. The van der Waals surface area contributed by atoms with Gasteiger partial charge in [0.1, 0.15) is 6.07 Å². The number of nitriles is 1. The Morgan fingerprint density at radius 3 is 2.55 bits per heavy atom. The number of hydrogen-bond acceptors (Lipinski definition) is 3. The van der Waals surface area contributed by atoms with E-state index in [0.717, 1.165) is 11.1 Å². The highest BCUT2D eigenvalue weighted by molar-refractivity contribution is 9.10. The molecule has 0 bridgehead atoms. The van der Waals surface area contributed by atoms with E-state index >= 15 is 0 Å². The smallest absolute Gasteiger partial charge is 0.308 e. The minimum atomic E-state index is -0.446. The van der Waals surface area contributed by atoms with E-state index in [1.807, 2.05) is 36.4 Å². The zero-order valence-electron chi connectivity index (χ0n) is 10.9. The molecule has 2 aromatic rings. The number of halogens is 1. The first-order chi connectivity index (χ1) is 9.60. The molecule has 20 heavy (non-hydrogen) atoms. The van der Waals surface area contributed by atoms with Gasteiger partial charge in [-0.25, -0.2) is 0 Å². The van der Waals surface area contributed by atoms with Gasteiger partial charge in [-0.3, -0.25) is 4.79 Å². The Morgan fingerprint density at radius 2 is 1.95 bits per heavy atom. The van der Waals surface area contributed by atoms with Gasteiger partial charge in [0.05, 0.1) is 10.0 Å². The number of ether oxygens (including phenoxy) is 1. The third-order valence-corrected chi connectivity index (χ3v) is 3.31. The van der Waals surface area contributed by atoms with Crippen molar-refractivity contribution in [1.29, 1.82) is 5.26 Å². The van der Waals surface area contributed by atoms with E-state index < -0.39 is 5.97 Å². The first-order valence-corrected chi connectivity index (χ1v) is 6.84. The predicted octanol–water partition coefficient (Wildman–Crippen LogP) is 3.84. The zero-order valence-corrected chi connectivity index (χ0v) is 12.5. The first kappa shape index (κ1) is 14.3. The van der Waals surface area contributed by atoms with Crippen LogP contribution in [-0.4, -0.2) is 5.97 Å². The molecule has 0 fully saturated rings. The molecular formula is C16H12BrNO2. The predicted molar refractivity (Wildman–Crippen MR) is 79.4 cm³/mol. The number of carbonyl (C=O) groups is 1. The summed E-state index contributed by atoms with van der Waals surface area (Å²) < 4.78 is 5.67. The Morgan fingerprint density at radius 1 is 1.25 bits per heavy atom. The van der Waals surface area contributed by atoms with Gasteiger partial charge in [0.15, 0.2) is 5.75 Å². The third kappa shape index (κ3) is 3.46. The standard InChI is InChI=1S/C16H12BrNO2/c1-11(19)20-16-14(10-18)8-13(9-15(16)17)7-12-5-3-2-4-6-12/h2-6,8-9H,7H2,1H3. The van der Waals surface area contributed by atoms with E-state index in [-0.39, 0.29) is 5.75 Å². The molecule has 0 heterocycles. The Kier molecular flexibility index (Phi) is 4.54. The summed E-state index contributed by atoms with van der Waals surface area (Å²) in [6, 6.07) is 15.6. The molecule has 0 atom stereocenters. The largest absolute Gasteiger partial charge is 0.424 e. The summed E-state index contributed by atoms with van der Waals surface area (Å²) in [6.45, 7) is 1.31. The molecule has 0 amide bonds. The van der Waals surface area contributed by atoms with Crippen molar-refractivity contribution in [3.8, 4) is 11.8 Å². The average molecular weight is 330 g/mol. The normalized spacial score (nSPS) is 9.85. The number of benzene rings is 2. The second-order valence-corrected chi connectivity index (χ2v) is 5.18. The minimum Gasteiger partial charge on any atom is -0.424 e. The fourth-order valence-corrected chi connectivity index (χ4v) is 2.50. The van der Waals surface area contributed by atoms with Crippen LogP contribution in [0.1, 0.15) is 23.6 Å². The van der Waals surface area contributed by atoms with E-state index in [1.165, 1.54) is 6.92 Å². The molecule has 4 heteroatoms. The summed E-state index contributed by atoms with van der Waals surface area (Å²) in [6.07, 6.45) is 0.717. The van der Waals surface area contributed by atoms with E-state index in [9.17, 15) is 10.1 Å². The Hall–Kier alpha value is -2.12. The van der Waals surface area contributed by atoms with Crippen LogP contribution in [0, 0.1) is 11.3 Å². The number of nitrogens with zero attached hydrogens (tertiary/aromatic N) is 1. The first-order valence-electron chi connectivity index (χ1n) is 6.05. The van der Waals surface area contributed by atoms with Gasteiger partial charge in [0.25, 0.3) is 0 Å². The monoisotopic (exact) mass is 329 g/mol. The summed E-state index contributed by atoms with van der Waals surface area (Å²) in [5.74, 6) is -0.171. The molecular weight excluding hydrogens is 318 g/mol. The Labute approximate surface area is 125 Å². The van der Waals surface area contributed by atoms with Gasteiger partial charge in [0.2, 0.25) is 0 Å². The molecule has 0 spiro atoms. The number of esters is 1. The van der Waals surface area contributed by atoms with Crippen LogP contribution in [-0.2, 0) is 11.2 Å². The van der Waals surface area contributed by atoms with Crippen LogP contribution in [0.15, 0.2) is 46.9 Å². The summed E-state index contributed by atoms with van der Waals surface area (Å²) in [5, 5.41) is 9.18. The van der Waals surface area contributed by atoms with Gasteiger partial charge < -0.3 is 4.74 Å². The lowest BCUT2D eigenvalue weighted by atomic mass is 10.0. The van der Waals surface area contributed by atoms with E-state index in [1.54, 1.807) is 6.07 Å². The number of carbonyl (C=O) groups excluding carboxylic acids is 1. The summed E-state index contributed by atoms with van der Waals surface area (Å²) >= 11 is 3.35. The molecule has 0 aliphatic carbocycles. The van der Waals surface area contributed by atoms with E-state index in [2.05, 4.69) is 22.0 Å². The van der Waals surface area contributed by atoms with Crippen LogP contribution in [0.2, 0.25) is 0 Å². The van der Waals surface area contributed by atoms with Crippen molar-refractivity contribution in [1.82, 2.24) is 0 Å². The van der Waals surface area contributed by atoms with Crippen molar-refractivity contribution in [3.63, 3.8) is 0 Å². The second kappa shape index (κ2) is 6.36. The zero-order chi connectivity index (χ0) is 14.5. The maximum atomic E-state index is 11.1. The number of hydrogen-bond donors (Lipinski definition) is 0. The quantitative estimate of drug-likeness (QED) is 0.635. The van der Waals surface area contributed by atoms with Gasteiger partial charge in [-0.15, -0.1) is 0 Å². The lowest BCUT2D eigenvalue weighted by molar-refractivity contribution is -0.131. The molecule has 0 aromatic heterocycles. The highest BCUT2D eigenvalue weighted by Crippen LogP contribution is 2.31. The van der Waals surface area contributed by atoms with Crippen LogP contribution in [0.25, 0.3) is 0 Å². The van der Waals surface area contributed by atoms with Gasteiger partial charge in [-0.05, 0) is 45.6 Å². The third-order valence-electron chi connectivity index (χ3n) is 2.72. The molecule has 0 unspecified atom stereocenters.